The van der Waals surface area contributed by atoms with Crippen LogP contribution in [0.5, 0.6) is 0 Å². The number of halogens is 4. The van der Waals surface area contributed by atoms with E-state index in [0.29, 0.717) is 17.9 Å². The third kappa shape index (κ3) is 14.3. The Bertz CT molecular complexity index is 239. The Hall–Kier alpha value is 1.39. The van der Waals surface area contributed by atoms with Gasteiger partial charge in [0.05, 0.1) is 4.83 Å². The van der Waals surface area contributed by atoms with E-state index in [9.17, 15) is 4.79 Å². The molecule has 2 unspecified atom stereocenters. The first-order valence-corrected chi connectivity index (χ1v) is 11.2. The molecule has 0 aromatic carbocycles. The lowest BCUT2D eigenvalue weighted by atomic mass is 10.1. The molecule has 0 rings (SSSR count). The van der Waals surface area contributed by atoms with Crippen molar-refractivity contribution in [1.29, 1.82) is 0 Å². The maximum absolute atomic E-state index is 11.4. The molecule has 20 heavy (non-hydrogen) atoms. The summed E-state index contributed by atoms with van der Waals surface area (Å²) < 4.78 is 5.15. The van der Waals surface area contributed by atoms with E-state index in [1.54, 1.807) is 0 Å². The van der Waals surface area contributed by atoms with Gasteiger partial charge in [-0.1, -0.05) is 95.8 Å². The van der Waals surface area contributed by atoms with Crippen molar-refractivity contribution in [3.05, 3.63) is 0 Å². The molecular weight excluding hydrogens is 520 g/mol. The van der Waals surface area contributed by atoms with Gasteiger partial charge in [0.2, 0.25) is 0 Å². The second kappa shape index (κ2) is 15.3. The van der Waals surface area contributed by atoms with Crippen molar-refractivity contribution in [3.8, 4) is 0 Å². The molecule has 0 saturated carbocycles. The SMILES string of the molecule is O=C(CCCCCCCCC(Br)CBr)OCC(Br)CBr. The quantitative estimate of drug-likeness (QED) is 0.163. The van der Waals surface area contributed by atoms with Crippen molar-refractivity contribution in [2.75, 3.05) is 17.3 Å². The van der Waals surface area contributed by atoms with E-state index < -0.39 is 0 Å². The van der Waals surface area contributed by atoms with Crippen LogP contribution in [0, 0.1) is 0 Å². The van der Waals surface area contributed by atoms with Gasteiger partial charge in [-0.05, 0) is 12.8 Å². The van der Waals surface area contributed by atoms with Crippen LogP contribution in [-0.4, -0.2) is 32.9 Å². The second-order valence-electron chi connectivity index (χ2n) is 4.85. The van der Waals surface area contributed by atoms with E-state index >= 15 is 0 Å². The molecule has 0 fully saturated rings. The maximum Gasteiger partial charge on any atom is 0.305 e. The van der Waals surface area contributed by atoms with Crippen LogP contribution >= 0.6 is 63.7 Å². The minimum Gasteiger partial charge on any atom is -0.464 e. The molecular formula is C14H24Br4O2. The van der Waals surface area contributed by atoms with E-state index in [4.69, 9.17) is 4.74 Å². The van der Waals surface area contributed by atoms with Gasteiger partial charge in [0.25, 0.3) is 0 Å². The van der Waals surface area contributed by atoms with Gasteiger partial charge in [0.15, 0.2) is 0 Å². The first-order chi connectivity index (χ1) is 9.60. The van der Waals surface area contributed by atoms with Gasteiger partial charge in [0.1, 0.15) is 6.61 Å². The highest BCUT2D eigenvalue weighted by Crippen LogP contribution is 2.15. The molecule has 0 heterocycles. The second-order valence-corrected chi connectivity index (χ2v) is 8.73. The molecule has 0 aromatic rings. The molecule has 2 nitrogen and oxygen atoms in total. The van der Waals surface area contributed by atoms with E-state index in [1.165, 1.54) is 32.1 Å². The van der Waals surface area contributed by atoms with Gasteiger partial charge in [0, 0.05) is 21.9 Å². The summed E-state index contributed by atoms with van der Waals surface area (Å²) in [5.74, 6) is -0.0742. The third-order valence-corrected chi connectivity index (χ3v) is 7.58. The van der Waals surface area contributed by atoms with Crippen LogP contribution in [0.1, 0.15) is 51.4 Å². The van der Waals surface area contributed by atoms with Crippen molar-refractivity contribution >= 4 is 69.7 Å². The predicted molar refractivity (Wildman–Crippen MR) is 101 cm³/mol. The van der Waals surface area contributed by atoms with Gasteiger partial charge >= 0.3 is 5.97 Å². The number of hydrogen-bond donors (Lipinski definition) is 0. The van der Waals surface area contributed by atoms with Crippen LogP contribution in [0.4, 0.5) is 0 Å². The van der Waals surface area contributed by atoms with Crippen molar-refractivity contribution in [2.45, 2.75) is 61.0 Å². The summed E-state index contributed by atoms with van der Waals surface area (Å²) in [5, 5.41) is 1.82. The van der Waals surface area contributed by atoms with Crippen LogP contribution < -0.4 is 0 Å². The Balaban J connectivity index is 3.25. The van der Waals surface area contributed by atoms with E-state index in [1.807, 2.05) is 0 Å². The highest BCUT2D eigenvalue weighted by atomic mass is 79.9. The number of ether oxygens (including phenoxy) is 1. The third-order valence-electron chi connectivity index (χ3n) is 2.91. The van der Waals surface area contributed by atoms with E-state index in [2.05, 4.69) is 63.7 Å². The molecule has 0 saturated heterocycles. The lowest BCUT2D eigenvalue weighted by Gasteiger charge is -2.08. The number of carbonyl (C=O) groups excluding carboxylic acids is 1. The minimum absolute atomic E-state index is 0.0742. The average Bonchev–Trinajstić information content (AvgIpc) is 2.46. The van der Waals surface area contributed by atoms with E-state index in [0.717, 1.165) is 23.5 Å². The van der Waals surface area contributed by atoms with Crippen LogP contribution in [0.25, 0.3) is 0 Å². The first kappa shape index (κ1) is 21.4. The molecule has 0 bridgehead atoms. The summed E-state index contributed by atoms with van der Waals surface area (Å²) in [4.78, 5) is 12.3. The van der Waals surface area contributed by atoms with E-state index in [-0.39, 0.29) is 10.8 Å². The predicted octanol–water partition coefficient (Wildman–Crippen LogP) is 5.97. The lowest BCUT2D eigenvalue weighted by Crippen LogP contribution is -2.14. The maximum atomic E-state index is 11.4. The van der Waals surface area contributed by atoms with Crippen molar-refractivity contribution < 1.29 is 9.53 Å². The van der Waals surface area contributed by atoms with Gasteiger partial charge in [-0.25, -0.2) is 0 Å². The molecule has 0 radical (unpaired) electrons. The van der Waals surface area contributed by atoms with Gasteiger partial charge in [-0.15, -0.1) is 0 Å². The molecule has 120 valence electrons. The normalized spacial score (nSPS) is 14.0. The molecule has 0 amide bonds. The first-order valence-electron chi connectivity index (χ1n) is 7.15. The lowest BCUT2D eigenvalue weighted by molar-refractivity contribution is -0.143. The summed E-state index contributed by atoms with van der Waals surface area (Å²) in [6.07, 6.45) is 8.91. The van der Waals surface area contributed by atoms with Crippen LogP contribution in [0.15, 0.2) is 0 Å². The molecule has 0 aromatic heterocycles. The van der Waals surface area contributed by atoms with Gasteiger partial charge in [-0.3, -0.25) is 4.79 Å². The fourth-order valence-corrected chi connectivity index (χ4v) is 2.69. The van der Waals surface area contributed by atoms with Gasteiger partial charge in [-0.2, -0.15) is 0 Å². The molecule has 0 spiro atoms. The Labute approximate surface area is 156 Å². The largest absolute Gasteiger partial charge is 0.464 e. The Kier molecular flexibility index (Phi) is 16.4. The Morgan fingerprint density at radius 2 is 1.40 bits per heavy atom. The summed E-state index contributed by atoms with van der Waals surface area (Å²) >= 11 is 13.8. The molecule has 2 atom stereocenters. The van der Waals surface area contributed by atoms with Crippen LogP contribution in [-0.2, 0) is 9.53 Å². The molecule has 0 aliphatic carbocycles. The van der Waals surface area contributed by atoms with Crippen LogP contribution in [0.3, 0.4) is 0 Å². The zero-order valence-corrected chi connectivity index (χ0v) is 18.1. The standard InChI is InChI=1S/C14H24Br4O2/c15-9-12(17)7-5-3-1-2-4-6-8-14(19)20-11-13(18)10-16/h12-13H,1-11H2. The minimum atomic E-state index is -0.0742. The smallest absolute Gasteiger partial charge is 0.305 e. The Morgan fingerprint density at radius 1 is 0.850 bits per heavy atom. The fraction of sp³-hybridized carbons (Fsp3) is 0.929. The van der Waals surface area contributed by atoms with Crippen molar-refractivity contribution in [2.24, 2.45) is 0 Å². The number of esters is 1. The zero-order chi connectivity index (χ0) is 15.2. The molecule has 0 aliphatic heterocycles. The van der Waals surface area contributed by atoms with Crippen molar-refractivity contribution in [3.63, 3.8) is 0 Å². The number of hydrogen-bond acceptors (Lipinski definition) is 2. The topological polar surface area (TPSA) is 26.3 Å². The number of rotatable bonds is 13. The summed E-state index contributed by atoms with van der Waals surface area (Å²) in [5.41, 5.74) is 0. The Morgan fingerprint density at radius 3 is 2.00 bits per heavy atom. The highest BCUT2D eigenvalue weighted by Gasteiger charge is 2.07. The monoisotopic (exact) mass is 540 g/mol. The zero-order valence-electron chi connectivity index (χ0n) is 11.8. The fourth-order valence-electron chi connectivity index (χ4n) is 1.72. The van der Waals surface area contributed by atoms with Gasteiger partial charge < -0.3 is 4.74 Å². The summed E-state index contributed by atoms with van der Waals surface area (Å²) in [7, 11) is 0. The highest BCUT2D eigenvalue weighted by molar-refractivity contribution is 9.12. The number of alkyl halides is 4. The van der Waals surface area contributed by atoms with Crippen molar-refractivity contribution in [1.82, 2.24) is 0 Å². The molecule has 0 aliphatic rings. The summed E-state index contributed by atoms with van der Waals surface area (Å²) in [6, 6.07) is 0. The number of carbonyl (C=O) groups is 1. The summed E-state index contributed by atoms with van der Waals surface area (Å²) in [6.45, 7) is 0.450. The van der Waals surface area contributed by atoms with Crippen LogP contribution in [0.2, 0.25) is 0 Å². The number of unbranched alkanes of at least 4 members (excludes halogenated alkanes) is 5. The molecule has 0 N–H and O–H groups in total. The average molecular weight is 544 g/mol. The molecule has 6 heteroatoms.